The maximum Gasteiger partial charge on any atom is 0.255 e. The average Bonchev–Trinajstić information content (AvgIpc) is 3.38. The standard InChI is InChI=1S/C18H17ClN2O4S/c1-26(24,25)16-10-12(4-9-15(16)19)18(23)21-13-5-2-11(3-6-13)17(22)20-14-7-8-14/h2-6,9-10,14H,7-8H2,1H3,(H,20,22)(H,21,23). The number of anilines is 1. The summed E-state index contributed by atoms with van der Waals surface area (Å²) in [5, 5.41) is 5.62. The van der Waals surface area contributed by atoms with Crippen LogP contribution in [0.3, 0.4) is 0 Å². The van der Waals surface area contributed by atoms with Gasteiger partial charge in [-0.05, 0) is 55.3 Å². The Morgan fingerprint density at radius 3 is 2.19 bits per heavy atom. The summed E-state index contributed by atoms with van der Waals surface area (Å²) in [4.78, 5) is 24.2. The lowest BCUT2D eigenvalue weighted by molar-refractivity contribution is 0.0950. The van der Waals surface area contributed by atoms with Crippen LogP contribution in [0.5, 0.6) is 0 Å². The Labute approximate surface area is 156 Å². The average molecular weight is 393 g/mol. The van der Waals surface area contributed by atoms with Crippen LogP contribution in [0.1, 0.15) is 33.6 Å². The van der Waals surface area contributed by atoms with Gasteiger partial charge in [0, 0.05) is 29.1 Å². The molecule has 1 aliphatic rings. The molecule has 1 fully saturated rings. The summed E-state index contributed by atoms with van der Waals surface area (Å²) in [5.74, 6) is -0.609. The number of hydrogen-bond donors (Lipinski definition) is 2. The summed E-state index contributed by atoms with van der Waals surface area (Å²) in [6.45, 7) is 0. The molecule has 6 nitrogen and oxygen atoms in total. The first-order chi connectivity index (χ1) is 12.2. The summed E-state index contributed by atoms with van der Waals surface area (Å²) < 4.78 is 23.4. The van der Waals surface area contributed by atoms with Crippen molar-refractivity contribution < 1.29 is 18.0 Å². The first kappa shape index (κ1) is 18.4. The van der Waals surface area contributed by atoms with Crippen LogP contribution in [-0.4, -0.2) is 32.5 Å². The molecule has 0 aliphatic heterocycles. The highest BCUT2D eigenvalue weighted by Gasteiger charge is 2.23. The normalized spacial score (nSPS) is 13.9. The zero-order valence-corrected chi connectivity index (χ0v) is 15.5. The molecule has 0 aromatic heterocycles. The lowest BCUT2D eigenvalue weighted by Crippen LogP contribution is -2.25. The summed E-state index contributed by atoms with van der Waals surface area (Å²) >= 11 is 5.88. The van der Waals surface area contributed by atoms with Gasteiger partial charge in [0.25, 0.3) is 11.8 Å². The van der Waals surface area contributed by atoms with Gasteiger partial charge in [0.1, 0.15) is 0 Å². The number of sulfone groups is 1. The minimum atomic E-state index is -3.54. The molecule has 0 radical (unpaired) electrons. The molecule has 2 aromatic carbocycles. The molecule has 2 aromatic rings. The van der Waals surface area contributed by atoms with Gasteiger partial charge in [-0.2, -0.15) is 0 Å². The number of carbonyl (C=O) groups excluding carboxylic acids is 2. The molecule has 0 bridgehead atoms. The van der Waals surface area contributed by atoms with E-state index in [1.165, 1.54) is 18.2 Å². The molecule has 0 unspecified atom stereocenters. The van der Waals surface area contributed by atoms with Crippen molar-refractivity contribution in [2.45, 2.75) is 23.8 Å². The smallest absolute Gasteiger partial charge is 0.255 e. The van der Waals surface area contributed by atoms with E-state index >= 15 is 0 Å². The van der Waals surface area contributed by atoms with Crippen LogP contribution in [0, 0.1) is 0 Å². The van der Waals surface area contributed by atoms with Gasteiger partial charge in [-0.1, -0.05) is 11.6 Å². The number of carbonyl (C=O) groups is 2. The molecule has 3 rings (SSSR count). The molecular formula is C18H17ClN2O4S. The highest BCUT2D eigenvalue weighted by Crippen LogP contribution is 2.23. The molecule has 26 heavy (non-hydrogen) atoms. The van der Waals surface area contributed by atoms with Crippen molar-refractivity contribution in [1.82, 2.24) is 5.32 Å². The highest BCUT2D eigenvalue weighted by molar-refractivity contribution is 7.90. The largest absolute Gasteiger partial charge is 0.349 e. The fraction of sp³-hybridized carbons (Fsp3) is 0.222. The topological polar surface area (TPSA) is 92.3 Å². The van der Waals surface area contributed by atoms with Gasteiger partial charge in [-0.15, -0.1) is 0 Å². The van der Waals surface area contributed by atoms with E-state index in [4.69, 9.17) is 11.6 Å². The van der Waals surface area contributed by atoms with E-state index in [0.29, 0.717) is 11.3 Å². The molecule has 1 aliphatic carbocycles. The molecule has 136 valence electrons. The summed E-state index contributed by atoms with van der Waals surface area (Å²) in [5.41, 5.74) is 1.18. The van der Waals surface area contributed by atoms with Crippen LogP contribution in [0.15, 0.2) is 47.4 Å². The van der Waals surface area contributed by atoms with E-state index in [0.717, 1.165) is 19.1 Å². The van der Waals surface area contributed by atoms with Gasteiger partial charge in [0.05, 0.1) is 9.92 Å². The molecule has 1 saturated carbocycles. The monoisotopic (exact) mass is 392 g/mol. The van der Waals surface area contributed by atoms with E-state index in [1.54, 1.807) is 24.3 Å². The highest BCUT2D eigenvalue weighted by atomic mass is 35.5. The Bertz CT molecular complexity index is 967. The maximum atomic E-state index is 12.3. The first-order valence-corrected chi connectivity index (χ1v) is 10.2. The minimum absolute atomic E-state index is 0.0649. The van der Waals surface area contributed by atoms with Gasteiger partial charge >= 0.3 is 0 Å². The van der Waals surface area contributed by atoms with Crippen molar-refractivity contribution in [3.8, 4) is 0 Å². The number of amides is 2. The van der Waals surface area contributed by atoms with Crippen molar-refractivity contribution in [2.75, 3.05) is 11.6 Å². The fourth-order valence-corrected chi connectivity index (χ4v) is 3.63. The van der Waals surface area contributed by atoms with Crippen LogP contribution in [-0.2, 0) is 9.84 Å². The third kappa shape index (κ3) is 4.42. The summed E-state index contributed by atoms with van der Waals surface area (Å²) in [7, 11) is -3.54. The van der Waals surface area contributed by atoms with Crippen molar-refractivity contribution in [1.29, 1.82) is 0 Å². The predicted octanol–water partition coefficient (Wildman–Crippen LogP) is 2.89. The van der Waals surface area contributed by atoms with E-state index in [1.807, 2.05) is 0 Å². The summed E-state index contributed by atoms with van der Waals surface area (Å²) in [6, 6.07) is 10.8. The van der Waals surface area contributed by atoms with Crippen molar-refractivity contribution in [3.63, 3.8) is 0 Å². The van der Waals surface area contributed by atoms with Gasteiger partial charge in [-0.3, -0.25) is 9.59 Å². The Morgan fingerprint density at radius 1 is 1.00 bits per heavy atom. The molecular weight excluding hydrogens is 376 g/mol. The molecule has 0 heterocycles. The summed E-state index contributed by atoms with van der Waals surface area (Å²) in [6.07, 6.45) is 3.05. The van der Waals surface area contributed by atoms with Crippen LogP contribution in [0.25, 0.3) is 0 Å². The van der Waals surface area contributed by atoms with Crippen molar-refractivity contribution in [3.05, 3.63) is 58.6 Å². The number of benzene rings is 2. The second-order valence-electron chi connectivity index (χ2n) is 6.20. The third-order valence-electron chi connectivity index (χ3n) is 3.91. The zero-order chi connectivity index (χ0) is 18.9. The number of halogens is 1. The Hall–Kier alpha value is -2.38. The Morgan fingerprint density at radius 2 is 1.62 bits per heavy atom. The molecule has 0 saturated heterocycles. The van der Waals surface area contributed by atoms with E-state index in [-0.39, 0.29) is 27.4 Å². The molecule has 0 spiro atoms. The lowest BCUT2D eigenvalue weighted by Gasteiger charge is -2.09. The second-order valence-corrected chi connectivity index (χ2v) is 8.59. The van der Waals surface area contributed by atoms with Gasteiger partial charge in [-0.25, -0.2) is 8.42 Å². The third-order valence-corrected chi connectivity index (χ3v) is 5.49. The van der Waals surface area contributed by atoms with Gasteiger partial charge in [0.2, 0.25) is 0 Å². The van der Waals surface area contributed by atoms with Gasteiger partial charge in [0.15, 0.2) is 9.84 Å². The van der Waals surface area contributed by atoms with Crippen LogP contribution in [0.4, 0.5) is 5.69 Å². The van der Waals surface area contributed by atoms with E-state index in [2.05, 4.69) is 10.6 Å². The van der Waals surface area contributed by atoms with E-state index < -0.39 is 15.7 Å². The zero-order valence-electron chi connectivity index (χ0n) is 14.0. The molecule has 2 amide bonds. The number of rotatable bonds is 5. The maximum absolute atomic E-state index is 12.3. The molecule has 0 atom stereocenters. The van der Waals surface area contributed by atoms with Crippen LogP contribution >= 0.6 is 11.6 Å². The lowest BCUT2D eigenvalue weighted by atomic mass is 10.1. The van der Waals surface area contributed by atoms with Crippen LogP contribution in [0.2, 0.25) is 5.02 Å². The predicted molar refractivity (Wildman–Crippen MR) is 99.4 cm³/mol. The SMILES string of the molecule is CS(=O)(=O)c1cc(C(=O)Nc2ccc(C(=O)NC3CC3)cc2)ccc1Cl. The van der Waals surface area contributed by atoms with E-state index in [9.17, 15) is 18.0 Å². The molecule has 2 N–H and O–H groups in total. The minimum Gasteiger partial charge on any atom is -0.349 e. The Kier molecular flexibility index (Phi) is 5.02. The second kappa shape index (κ2) is 7.09. The van der Waals surface area contributed by atoms with Crippen LogP contribution < -0.4 is 10.6 Å². The quantitative estimate of drug-likeness (QED) is 0.818. The van der Waals surface area contributed by atoms with Crippen molar-refractivity contribution in [2.24, 2.45) is 0 Å². The van der Waals surface area contributed by atoms with Gasteiger partial charge < -0.3 is 10.6 Å². The number of nitrogens with one attached hydrogen (secondary N) is 2. The Balaban J connectivity index is 1.72. The molecule has 8 heteroatoms. The fourth-order valence-electron chi connectivity index (χ4n) is 2.33. The first-order valence-electron chi connectivity index (χ1n) is 7.96. The van der Waals surface area contributed by atoms with Crippen molar-refractivity contribution >= 4 is 38.9 Å². The number of hydrogen-bond acceptors (Lipinski definition) is 4.